The van der Waals surface area contributed by atoms with Crippen LogP contribution < -0.4 is 19.7 Å². The van der Waals surface area contributed by atoms with E-state index in [2.05, 4.69) is 26.3 Å². The summed E-state index contributed by atoms with van der Waals surface area (Å²) in [5.74, 6) is 2.76. The Balaban J connectivity index is 1.30. The molecule has 0 atom stereocenters. The molecule has 7 heteroatoms. The number of ether oxygens (including phenoxy) is 2. The number of aromatic nitrogens is 2. The number of allylic oxidation sites excluding steroid dienone is 1. The first-order valence-corrected chi connectivity index (χ1v) is 11.6. The molecule has 0 saturated carbocycles. The molecule has 32 heavy (non-hydrogen) atoms. The molecule has 1 aliphatic heterocycles. The second-order valence-corrected chi connectivity index (χ2v) is 8.38. The highest BCUT2D eigenvalue weighted by Gasteiger charge is 2.27. The topological polar surface area (TPSA) is 76.6 Å². The van der Waals surface area contributed by atoms with E-state index in [0.29, 0.717) is 17.4 Å². The van der Waals surface area contributed by atoms with E-state index in [0.717, 1.165) is 44.6 Å². The molecule has 2 aliphatic rings. The minimum atomic E-state index is 0.0472. The van der Waals surface area contributed by atoms with Gasteiger partial charge in [-0.1, -0.05) is 17.7 Å². The van der Waals surface area contributed by atoms with Gasteiger partial charge in [0.25, 0.3) is 5.88 Å². The summed E-state index contributed by atoms with van der Waals surface area (Å²) in [5.41, 5.74) is 1.50. The van der Waals surface area contributed by atoms with Crippen LogP contribution in [-0.4, -0.2) is 42.6 Å². The number of rotatable bonds is 8. The first kappa shape index (κ1) is 22.1. The van der Waals surface area contributed by atoms with Crippen LogP contribution in [0.3, 0.4) is 0 Å². The van der Waals surface area contributed by atoms with E-state index >= 15 is 0 Å². The van der Waals surface area contributed by atoms with Crippen molar-refractivity contribution in [3.63, 3.8) is 0 Å². The fourth-order valence-corrected chi connectivity index (χ4v) is 4.36. The van der Waals surface area contributed by atoms with Crippen LogP contribution in [0.4, 0.5) is 5.82 Å². The van der Waals surface area contributed by atoms with Crippen molar-refractivity contribution in [2.75, 3.05) is 31.6 Å². The van der Waals surface area contributed by atoms with Crippen molar-refractivity contribution in [2.24, 2.45) is 5.92 Å². The maximum absolute atomic E-state index is 12.6. The normalized spacial score (nSPS) is 16.9. The number of benzene rings is 1. The van der Waals surface area contributed by atoms with E-state index in [4.69, 9.17) is 9.47 Å². The lowest BCUT2D eigenvalue weighted by molar-refractivity contribution is -0.125. The number of hydrogen-bond donors (Lipinski definition) is 1. The fourth-order valence-electron chi connectivity index (χ4n) is 4.36. The van der Waals surface area contributed by atoms with Crippen molar-refractivity contribution >= 4 is 11.7 Å². The van der Waals surface area contributed by atoms with Gasteiger partial charge in [0.15, 0.2) is 5.82 Å². The van der Waals surface area contributed by atoms with Gasteiger partial charge < -0.3 is 19.7 Å². The van der Waals surface area contributed by atoms with Gasteiger partial charge in [-0.25, -0.2) is 9.97 Å². The predicted octanol–water partition coefficient (Wildman–Crippen LogP) is 4.50. The summed E-state index contributed by atoms with van der Waals surface area (Å²) in [7, 11) is 1.63. The Labute approximate surface area is 189 Å². The molecular weight excluding hydrogens is 404 g/mol. The fraction of sp³-hybridized carbons (Fsp3) is 0.480. The summed E-state index contributed by atoms with van der Waals surface area (Å²) in [5, 5.41) is 3.15. The first-order chi connectivity index (χ1) is 15.7. The minimum Gasteiger partial charge on any atom is -0.497 e. The number of carbonyl (C=O) groups is 1. The first-order valence-electron chi connectivity index (χ1n) is 11.6. The molecule has 1 aromatic carbocycles. The molecule has 0 unspecified atom stereocenters. The molecule has 0 radical (unpaired) electrons. The number of methoxy groups -OCH3 is 1. The van der Waals surface area contributed by atoms with Crippen LogP contribution in [0, 0.1) is 5.92 Å². The second kappa shape index (κ2) is 11.0. The monoisotopic (exact) mass is 436 g/mol. The van der Waals surface area contributed by atoms with Crippen LogP contribution in [0.2, 0.25) is 0 Å². The van der Waals surface area contributed by atoms with Gasteiger partial charge in [-0.3, -0.25) is 4.79 Å². The third-order valence-electron chi connectivity index (χ3n) is 6.20. The molecule has 2 heterocycles. The molecule has 1 aliphatic carbocycles. The summed E-state index contributed by atoms with van der Waals surface area (Å²) < 4.78 is 11.3. The number of piperidine rings is 1. The molecule has 0 bridgehead atoms. The average molecular weight is 437 g/mol. The molecule has 4 rings (SSSR count). The van der Waals surface area contributed by atoms with E-state index < -0.39 is 0 Å². The molecule has 1 aromatic heterocycles. The quantitative estimate of drug-likeness (QED) is 0.614. The van der Waals surface area contributed by atoms with Gasteiger partial charge in [-0.2, -0.15) is 0 Å². The number of hydrogen-bond acceptors (Lipinski definition) is 6. The Morgan fingerprint density at radius 1 is 1.16 bits per heavy atom. The third kappa shape index (κ3) is 5.78. The van der Waals surface area contributed by atoms with Gasteiger partial charge in [0.05, 0.1) is 7.11 Å². The van der Waals surface area contributed by atoms with Crippen LogP contribution in [0.15, 0.2) is 48.3 Å². The molecule has 1 amide bonds. The van der Waals surface area contributed by atoms with E-state index in [1.54, 1.807) is 19.5 Å². The summed E-state index contributed by atoms with van der Waals surface area (Å²) in [4.78, 5) is 23.7. The lowest BCUT2D eigenvalue weighted by Crippen LogP contribution is -2.41. The van der Waals surface area contributed by atoms with Gasteiger partial charge in [0.1, 0.15) is 11.5 Å². The SMILES string of the molecule is COc1cccc(Oc2nccnc2N2CCC(C(=O)NCCC3=CCCCC3)CC2)c1. The van der Waals surface area contributed by atoms with Crippen LogP contribution in [0.5, 0.6) is 17.4 Å². The Hall–Kier alpha value is -3.09. The molecular formula is C25H32N4O3. The van der Waals surface area contributed by atoms with E-state index in [1.165, 1.54) is 31.3 Å². The predicted molar refractivity (Wildman–Crippen MR) is 124 cm³/mol. The van der Waals surface area contributed by atoms with Gasteiger partial charge in [-0.05, 0) is 57.1 Å². The molecule has 7 nitrogen and oxygen atoms in total. The van der Waals surface area contributed by atoms with Gasteiger partial charge in [-0.15, -0.1) is 0 Å². The molecule has 2 aromatic rings. The van der Waals surface area contributed by atoms with Crippen LogP contribution in [-0.2, 0) is 4.79 Å². The Bertz CT molecular complexity index is 938. The lowest BCUT2D eigenvalue weighted by atomic mass is 9.95. The number of carbonyl (C=O) groups excluding carboxylic acids is 1. The third-order valence-corrected chi connectivity index (χ3v) is 6.20. The summed E-state index contributed by atoms with van der Waals surface area (Å²) in [6, 6.07) is 7.42. The van der Waals surface area contributed by atoms with Crippen molar-refractivity contribution < 1.29 is 14.3 Å². The highest BCUT2D eigenvalue weighted by atomic mass is 16.5. The number of nitrogens with zero attached hydrogens (tertiary/aromatic N) is 3. The van der Waals surface area contributed by atoms with E-state index in [-0.39, 0.29) is 11.8 Å². The zero-order valence-corrected chi connectivity index (χ0v) is 18.8. The highest BCUT2D eigenvalue weighted by Crippen LogP contribution is 2.32. The van der Waals surface area contributed by atoms with Gasteiger partial charge in [0.2, 0.25) is 5.91 Å². The zero-order valence-electron chi connectivity index (χ0n) is 18.8. The maximum Gasteiger partial charge on any atom is 0.263 e. The zero-order chi connectivity index (χ0) is 22.2. The smallest absolute Gasteiger partial charge is 0.263 e. The standard InChI is InChI=1S/C25H32N4O3/c1-31-21-8-5-9-22(18-21)32-25-23(26-14-15-28-25)29-16-11-20(12-17-29)24(30)27-13-10-19-6-3-2-4-7-19/h5-6,8-9,14-15,18,20H,2-4,7,10-13,16-17H2,1H3,(H,27,30). The number of amides is 1. The Morgan fingerprint density at radius 3 is 2.75 bits per heavy atom. The van der Waals surface area contributed by atoms with Crippen LogP contribution in [0.1, 0.15) is 44.9 Å². The highest BCUT2D eigenvalue weighted by molar-refractivity contribution is 5.79. The van der Waals surface area contributed by atoms with E-state index in [9.17, 15) is 4.79 Å². The largest absolute Gasteiger partial charge is 0.497 e. The second-order valence-electron chi connectivity index (χ2n) is 8.38. The minimum absolute atomic E-state index is 0.0472. The molecule has 170 valence electrons. The van der Waals surface area contributed by atoms with Crippen LogP contribution >= 0.6 is 0 Å². The summed E-state index contributed by atoms with van der Waals surface area (Å²) in [6.07, 6.45) is 13.2. The molecule has 1 N–H and O–H groups in total. The average Bonchev–Trinajstić information content (AvgIpc) is 2.85. The van der Waals surface area contributed by atoms with Gasteiger partial charge >= 0.3 is 0 Å². The Morgan fingerprint density at radius 2 is 1.97 bits per heavy atom. The van der Waals surface area contributed by atoms with Crippen molar-refractivity contribution in [1.29, 1.82) is 0 Å². The van der Waals surface area contributed by atoms with Gasteiger partial charge in [0, 0.05) is 44.0 Å². The summed E-state index contributed by atoms with van der Waals surface area (Å²) in [6.45, 7) is 2.24. The molecule has 1 fully saturated rings. The number of nitrogens with one attached hydrogen (secondary N) is 1. The maximum atomic E-state index is 12.6. The van der Waals surface area contributed by atoms with Crippen molar-refractivity contribution in [3.05, 3.63) is 48.3 Å². The van der Waals surface area contributed by atoms with Crippen molar-refractivity contribution in [2.45, 2.75) is 44.9 Å². The Kier molecular flexibility index (Phi) is 7.59. The molecule has 1 saturated heterocycles. The van der Waals surface area contributed by atoms with Crippen molar-refractivity contribution in [1.82, 2.24) is 15.3 Å². The van der Waals surface area contributed by atoms with Crippen LogP contribution in [0.25, 0.3) is 0 Å². The lowest BCUT2D eigenvalue weighted by Gasteiger charge is -2.32. The van der Waals surface area contributed by atoms with E-state index in [1.807, 2.05) is 24.3 Å². The summed E-state index contributed by atoms with van der Waals surface area (Å²) >= 11 is 0. The number of anilines is 1. The van der Waals surface area contributed by atoms with Crippen molar-refractivity contribution in [3.8, 4) is 17.4 Å². The molecule has 0 spiro atoms.